The molecule has 25 heavy (non-hydrogen) atoms. The van der Waals surface area contributed by atoms with Gasteiger partial charge in [0.1, 0.15) is 0 Å². The van der Waals surface area contributed by atoms with Crippen molar-refractivity contribution in [2.75, 3.05) is 20.6 Å². The van der Waals surface area contributed by atoms with Gasteiger partial charge in [-0.25, -0.2) is 0 Å². The van der Waals surface area contributed by atoms with E-state index in [1.54, 1.807) is 0 Å². The Morgan fingerprint density at radius 1 is 0.960 bits per heavy atom. The van der Waals surface area contributed by atoms with Gasteiger partial charge in [0.25, 0.3) is 0 Å². The van der Waals surface area contributed by atoms with Crippen LogP contribution in [0.2, 0.25) is 0 Å². The molecule has 0 spiro atoms. The van der Waals surface area contributed by atoms with E-state index < -0.39 is 0 Å². The third-order valence-electron chi connectivity index (χ3n) is 4.73. The summed E-state index contributed by atoms with van der Waals surface area (Å²) in [4.78, 5) is 5.03. The molecule has 132 valence electrons. The summed E-state index contributed by atoms with van der Waals surface area (Å²) in [5.74, 6) is 0. The van der Waals surface area contributed by atoms with Crippen LogP contribution < -0.4 is 0 Å². The second-order valence-electron chi connectivity index (χ2n) is 7.10. The predicted molar refractivity (Wildman–Crippen MR) is 110 cm³/mol. The molecule has 0 amide bonds. The summed E-state index contributed by atoms with van der Waals surface area (Å²) in [5, 5.41) is 0. The van der Waals surface area contributed by atoms with E-state index in [1.165, 1.54) is 57.7 Å². The summed E-state index contributed by atoms with van der Waals surface area (Å²) < 4.78 is 0. The van der Waals surface area contributed by atoms with Crippen molar-refractivity contribution < 1.29 is 0 Å². The lowest BCUT2D eigenvalue weighted by Crippen LogP contribution is -2.12. The van der Waals surface area contributed by atoms with E-state index in [0.717, 1.165) is 13.0 Å². The van der Waals surface area contributed by atoms with E-state index in [1.807, 2.05) is 11.8 Å². The molecule has 1 aliphatic rings. The molecule has 1 nitrogen and oxygen atoms in total. The fourth-order valence-electron chi connectivity index (χ4n) is 3.34. The molecule has 0 N–H and O–H groups in total. The highest BCUT2D eigenvalue weighted by Gasteiger charge is 2.20. The number of rotatable bonds is 7. The number of benzene rings is 2. The van der Waals surface area contributed by atoms with Crippen LogP contribution >= 0.6 is 11.8 Å². The first kappa shape index (κ1) is 18.3. The van der Waals surface area contributed by atoms with E-state index in [4.69, 9.17) is 0 Å². The molecule has 0 bridgehead atoms. The van der Waals surface area contributed by atoms with Crippen LogP contribution in [0.15, 0.2) is 58.3 Å². The second-order valence-corrected chi connectivity index (χ2v) is 8.18. The first-order valence-corrected chi connectivity index (χ1v) is 10.3. The first-order valence-electron chi connectivity index (χ1n) is 9.44. The zero-order chi connectivity index (χ0) is 17.6. The van der Waals surface area contributed by atoms with Gasteiger partial charge in [0.2, 0.25) is 0 Å². The molecule has 0 unspecified atom stereocenters. The Morgan fingerprint density at radius 2 is 1.76 bits per heavy atom. The zero-order valence-electron chi connectivity index (χ0n) is 15.7. The van der Waals surface area contributed by atoms with Crippen LogP contribution in [0, 0.1) is 0 Å². The van der Waals surface area contributed by atoms with Gasteiger partial charge >= 0.3 is 0 Å². The molecule has 1 aliphatic heterocycles. The Balaban J connectivity index is 1.94. The maximum absolute atomic E-state index is 2.44. The van der Waals surface area contributed by atoms with Crippen LogP contribution in [0.5, 0.6) is 0 Å². The molecule has 2 aromatic rings. The van der Waals surface area contributed by atoms with Crippen molar-refractivity contribution in [3.8, 4) is 0 Å². The van der Waals surface area contributed by atoms with Crippen molar-refractivity contribution >= 4 is 17.3 Å². The quantitative estimate of drug-likeness (QED) is 0.462. The maximum atomic E-state index is 2.44. The maximum Gasteiger partial charge on any atom is 0.0201 e. The standard InChI is InChI=1S/C23H29NS/c1-4-5-6-10-18-14-15-23-21(17-18)19(12-9-16-24(2)3)20-11-7-8-13-22(20)25-23/h7-8,11-15,17H,4-6,9-10,16H2,1-3H3/b19-12+. The Labute approximate surface area is 157 Å². The number of unbranched alkanes of at least 4 members (excludes halogenated alkanes) is 2. The highest BCUT2D eigenvalue weighted by molar-refractivity contribution is 7.99. The van der Waals surface area contributed by atoms with Gasteiger partial charge in [-0.15, -0.1) is 0 Å². The summed E-state index contributed by atoms with van der Waals surface area (Å²) in [6, 6.07) is 15.9. The highest BCUT2D eigenvalue weighted by Crippen LogP contribution is 2.45. The fourth-order valence-corrected chi connectivity index (χ4v) is 4.43. The molecule has 0 aromatic heterocycles. The molecule has 1 heterocycles. The largest absolute Gasteiger partial charge is 0.309 e. The topological polar surface area (TPSA) is 3.24 Å². The van der Waals surface area contributed by atoms with Crippen LogP contribution in [0.25, 0.3) is 5.57 Å². The minimum absolute atomic E-state index is 1.08. The van der Waals surface area contributed by atoms with Crippen LogP contribution in [-0.4, -0.2) is 25.5 Å². The van der Waals surface area contributed by atoms with Gasteiger partial charge < -0.3 is 4.90 Å². The lowest BCUT2D eigenvalue weighted by atomic mass is 9.93. The molecule has 0 saturated heterocycles. The minimum atomic E-state index is 1.08. The number of aryl methyl sites for hydroxylation is 1. The lowest BCUT2D eigenvalue weighted by Gasteiger charge is -2.23. The molecule has 0 radical (unpaired) electrons. The van der Waals surface area contributed by atoms with Crippen molar-refractivity contribution in [1.29, 1.82) is 0 Å². The SMILES string of the molecule is CCCCCc1ccc2c(c1)/C(=C/CCN(C)C)c1ccccc1S2. The number of hydrogen-bond donors (Lipinski definition) is 0. The molecule has 0 fully saturated rings. The smallest absolute Gasteiger partial charge is 0.0201 e. The fraction of sp³-hybridized carbons (Fsp3) is 0.391. The molecule has 0 aliphatic carbocycles. The van der Waals surface area contributed by atoms with Gasteiger partial charge in [0.05, 0.1) is 0 Å². The average Bonchev–Trinajstić information content (AvgIpc) is 2.61. The van der Waals surface area contributed by atoms with Gasteiger partial charge in [0, 0.05) is 16.3 Å². The van der Waals surface area contributed by atoms with E-state index in [0.29, 0.717) is 0 Å². The molecular weight excluding hydrogens is 322 g/mol. The summed E-state index contributed by atoms with van der Waals surface area (Å²) in [6.45, 7) is 3.36. The number of fused-ring (bicyclic) bond motifs is 2. The average molecular weight is 352 g/mol. The van der Waals surface area contributed by atoms with Gasteiger partial charge in [-0.05, 0) is 67.8 Å². The monoisotopic (exact) mass is 351 g/mol. The Morgan fingerprint density at radius 3 is 2.56 bits per heavy atom. The molecule has 0 atom stereocenters. The summed E-state index contributed by atoms with van der Waals surface area (Å²) in [7, 11) is 4.28. The summed E-state index contributed by atoms with van der Waals surface area (Å²) in [6.07, 6.45) is 8.61. The van der Waals surface area contributed by atoms with E-state index in [2.05, 4.69) is 74.5 Å². The van der Waals surface area contributed by atoms with Crippen molar-refractivity contribution in [2.24, 2.45) is 0 Å². The lowest BCUT2D eigenvalue weighted by molar-refractivity contribution is 0.417. The molecular formula is C23H29NS. The van der Waals surface area contributed by atoms with Crippen LogP contribution in [-0.2, 0) is 6.42 Å². The number of nitrogens with zero attached hydrogens (tertiary/aromatic N) is 1. The first-order chi connectivity index (χ1) is 12.2. The van der Waals surface area contributed by atoms with Crippen molar-refractivity contribution in [1.82, 2.24) is 4.90 Å². The highest BCUT2D eigenvalue weighted by atomic mass is 32.2. The van der Waals surface area contributed by atoms with E-state index >= 15 is 0 Å². The third kappa shape index (κ3) is 4.56. The van der Waals surface area contributed by atoms with Crippen molar-refractivity contribution in [2.45, 2.75) is 48.8 Å². The van der Waals surface area contributed by atoms with Gasteiger partial charge in [-0.3, -0.25) is 0 Å². The van der Waals surface area contributed by atoms with Gasteiger partial charge in [-0.2, -0.15) is 0 Å². The van der Waals surface area contributed by atoms with Crippen molar-refractivity contribution in [3.63, 3.8) is 0 Å². The van der Waals surface area contributed by atoms with E-state index in [-0.39, 0.29) is 0 Å². The Bertz CT molecular complexity index is 746. The Hall–Kier alpha value is -1.51. The Kier molecular flexibility index (Phi) is 6.39. The molecule has 2 heteroatoms. The van der Waals surface area contributed by atoms with Crippen LogP contribution in [0.4, 0.5) is 0 Å². The zero-order valence-corrected chi connectivity index (χ0v) is 16.5. The van der Waals surface area contributed by atoms with Gasteiger partial charge in [-0.1, -0.05) is 67.9 Å². The van der Waals surface area contributed by atoms with Crippen molar-refractivity contribution in [3.05, 3.63) is 65.2 Å². The van der Waals surface area contributed by atoms with Gasteiger partial charge in [0.15, 0.2) is 0 Å². The predicted octanol–water partition coefficient (Wildman–Crippen LogP) is 6.27. The van der Waals surface area contributed by atoms with Crippen LogP contribution in [0.1, 0.15) is 49.3 Å². The summed E-state index contributed by atoms with van der Waals surface area (Å²) >= 11 is 1.91. The minimum Gasteiger partial charge on any atom is -0.309 e. The normalized spacial score (nSPS) is 14.6. The summed E-state index contributed by atoms with van der Waals surface area (Å²) in [5.41, 5.74) is 5.72. The number of hydrogen-bond acceptors (Lipinski definition) is 2. The molecule has 2 aromatic carbocycles. The molecule has 3 rings (SSSR count). The molecule has 0 saturated carbocycles. The van der Waals surface area contributed by atoms with E-state index in [9.17, 15) is 0 Å². The third-order valence-corrected chi connectivity index (χ3v) is 5.88. The second kappa shape index (κ2) is 8.73. The van der Waals surface area contributed by atoms with Crippen LogP contribution in [0.3, 0.4) is 0 Å².